The fourth-order valence-corrected chi connectivity index (χ4v) is 4.00. The van der Waals surface area contributed by atoms with Crippen molar-refractivity contribution in [3.05, 3.63) is 47.8 Å². The Morgan fingerprint density at radius 3 is 2.61 bits per heavy atom. The number of carbonyl (C=O) groups excluding carboxylic acids is 1. The molecule has 1 amide bonds. The van der Waals surface area contributed by atoms with Gasteiger partial charge in [0.25, 0.3) is 0 Å². The van der Waals surface area contributed by atoms with Crippen molar-refractivity contribution in [3.63, 3.8) is 0 Å². The van der Waals surface area contributed by atoms with Gasteiger partial charge in [-0.15, -0.1) is 22.8 Å². The second kappa shape index (κ2) is 9.70. The number of aryl methyl sites for hydroxylation is 1. The van der Waals surface area contributed by atoms with Crippen molar-refractivity contribution >= 4 is 46.2 Å². The van der Waals surface area contributed by atoms with Gasteiger partial charge in [0, 0.05) is 13.0 Å². The average molecular weight is 496 g/mol. The molecular weight excluding hydrogens is 479 g/mol. The molecule has 1 aromatic carbocycles. The maximum atomic E-state index is 12.9. The Hall–Kier alpha value is -3.26. The number of ether oxygens (including phenoxy) is 1. The van der Waals surface area contributed by atoms with Gasteiger partial charge in [-0.1, -0.05) is 16.6 Å². The number of alkyl halides is 3. The van der Waals surface area contributed by atoms with Crippen molar-refractivity contribution in [1.29, 1.82) is 0 Å². The van der Waals surface area contributed by atoms with Gasteiger partial charge in [0.1, 0.15) is 26.3 Å². The average Bonchev–Trinajstić information content (AvgIpc) is 3.41. The topological polar surface area (TPSA) is 110 Å². The Kier molecular flexibility index (Phi) is 6.74. The van der Waals surface area contributed by atoms with Crippen molar-refractivity contribution in [2.24, 2.45) is 0 Å². The highest BCUT2D eigenvalue weighted by molar-refractivity contribution is 7.82. The standard InChI is InChI=1S/C19H16F3N7O2S2/c20-19(21,22)11-4-6-12(7-5-11)31-18(30)29(10-2-1-3-14-25-27-28-26-14)15-9-8-13-16(24-15)33-17(32)23-13/h4-9H,1-3,10H2,(H,23,32)(H,25,26,27,28). The molecule has 0 fully saturated rings. The summed E-state index contributed by atoms with van der Waals surface area (Å²) in [4.78, 5) is 23.6. The first-order chi connectivity index (χ1) is 15.8. The summed E-state index contributed by atoms with van der Waals surface area (Å²) in [5, 5.41) is 13.6. The molecular formula is C19H16F3N7O2S2. The number of rotatable bonds is 7. The molecule has 0 unspecified atom stereocenters. The molecule has 9 nitrogen and oxygen atoms in total. The summed E-state index contributed by atoms with van der Waals surface area (Å²) in [6.07, 6.45) is -3.46. The number of hydrogen-bond donors (Lipinski definition) is 2. The second-order valence-corrected chi connectivity index (χ2v) is 8.52. The zero-order valence-corrected chi connectivity index (χ0v) is 18.5. The predicted molar refractivity (Wildman–Crippen MR) is 117 cm³/mol. The molecule has 3 aromatic heterocycles. The zero-order valence-electron chi connectivity index (χ0n) is 16.8. The maximum Gasteiger partial charge on any atom is 0.420 e. The number of nitrogens with one attached hydrogen (secondary N) is 1. The molecule has 0 aliphatic carbocycles. The summed E-state index contributed by atoms with van der Waals surface area (Å²) < 4.78 is 44.2. The minimum atomic E-state index is -4.48. The summed E-state index contributed by atoms with van der Waals surface area (Å²) >= 11 is 5.48. The lowest BCUT2D eigenvalue weighted by molar-refractivity contribution is -0.137. The highest BCUT2D eigenvalue weighted by atomic mass is 32.2. The molecule has 4 aromatic rings. The summed E-state index contributed by atoms with van der Waals surface area (Å²) in [7, 11) is 0. The van der Waals surface area contributed by atoms with Gasteiger partial charge in [0.15, 0.2) is 5.82 Å². The third-order valence-electron chi connectivity index (χ3n) is 4.53. The number of pyridine rings is 1. The van der Waals surface area contributed by atoms with Crippen LogP contribution in [0, 0.1) is 0 Å². The van der Waals surface area contributed by atoms with Crippen molar-refractivity contribution in [2.75, 3.05) is 11.4 Å². The lowest BCUT2D eigenvalue weighted by Crippen LogP contribution is -2.35. The molecule has 1 N–H and O–H groups in total. The number of fused-ring (bicyclic) bond motifs is 1. The van der Waals surface area contributed by atoms with Crippen molar-refractivity contribution < 1.29 is 22.7 Å². The van der Waals surface area contributed by atoms with Gasteiger partial charge in [0.05, 0.1) is 5.56 Å². The summed E-state index contributed by atoms with van der Waals surface area (Å²) in [5.41, 5.74) is -0.192. The van der Waals surface area contributed by atoms with E-state index in [1.54, 1.807) is 12.1 Å². The van der Waals surface area contributed by atoms with Crippen molar-refractivity contribution in [2.45, 2.75) is 29.8 Å². The molecule has 0 bridgehead atoms. The first-order valence-corrected chi connectivity index (χ1v) is 10.9. The molecule has 0 saturated heterocycles. The van der Waals surface area contributed by atoms with Gasteiger partial charge in [0.2, 0.25) is 0 Å². The third kappa shape index (κ3) is 5.76. The Morgan fingerprint density at radius 2 is 1.91 bits per heavy atom. The van der Waals surface area contributed by atoms with E-state index in [4.69, 9.17) is 4.74 Å². The molecule has 33 heavy (non-hydrogen) atoms. The number of aromatic amines is 1. The Morgan fingerprint density at radius 1 is 1.12 bits per heavy atom. The Balaban J connectivity index is 1.50. The van der Waals surface area contributed by atoms with E-state index < -0.39 is 17.8 Å². The fourth-order valence-electron chi connectivity index (χ4n) is 2.95. The summed E-state index contributed by atoms with van der Waals surface area (Å²) in [6.45, 7) is 0.252. The van der Waals surface area contributed by atoms with Crippen LogP contribution in [-0.2, 0) is 12.6 Å². The lowest BCUT2D eigenvalue weighted by Gasteiger charge is -2.21. The number of aromatic nitrogens is 6. The molecule has 14 heteroatoms. The van der Waals surface area contributed by atoms with E-state index in [1.807, 2.05) is 0 Å². The number of carbonyl (C=O) groups is 1. The highest BCUT2D eigenvalue weighted by Gasteiger charge is 2.30. The first kappa shape index (κ1) is 22.9. The minimum Gasteiger partial charge on any atom is -0.410 e. The molecule has 0 radical (unpaired) electrons. The van der Waals surface area contributed by atoms with E-state index >= 15 is 0 Å². The molecule has 3 heterocycles. The van der Waals surface area contributed by atoms with Gasteiger partial charge < -0.3 is 4.74 Å². The number of amides is 1. The van der Waals surface area contributed by atoms with Crippen LogP contribution in [0.25, 0.3) is 10.3 Å². The van der Waals surface area contributed by atoms with Crippen LogP contribution >= 0.6 is 24.0 Å². The summed E-state index contributed by atoms with van der Waals surface area (Å²) in [6, 6.07) is 7.25. The van der Waals surface area contributed by atoms with Gasteiger partial charge in [-0.3, -0.25) is 4.90 Å². The number of hydrogen-bond acceptors (Lipinski definition) is 9. The van der Waals surface area contributed by atoms with Gasteiger partial charge in [-0.25, -0.2) is 14.8 Å². The van der Waals surface area contributed by atoms with Crippen LogP contribution in [0.5, 0.6) is 5.75 Å². The van der Waals surface area contributed by atoms with Crippen LogP contribution in [0.15, 0.2) is 40.7 Å². The lowest BCUT2D eigenvalue weighted by atomic mass is 10.2. The molecule has 0 aliphatic heterocycles. The SMILES string of the molecule is O=C(Oc1ccc(C(F)(F)F)cc1)N(CCCCc1nn[nH]n1)c1ccc2nc(S)sc2n1. The Labute approximate surface area is 194 Å². The fraction of sp³-hybridized carbons (Fsp3) is 0.263. The number of unbranched alkanes of at least 4 members (excludes halogenated alkanes) is 1. The quantitative estimate of drug-likeness (QED) is 0.286. The van der Waals surface area contributed by atoms with Crippen LogP contribution in [0.1, 0.15) is 24.2 Å². The molecule has 0 saturated carbocycles. The normalized spacial score (nSPS) is 11.6. The van der Waals surface area contributed by atoms with Gasteiger partial charge in [-0.05, 0) is 49.2 Å². The van der Waals surface area contributed by atoms with Crippen LogP contribution in [0.4, 0.5) is 23.8 Å². The van der Waals surface area contributed by atoms with Crippen molar-refractivity contribution in [3.8, 4) is 5.75 Å². The van der Waals surface area contributed by atoms with E-state index in [0.29, 0.717) is 45.6 Å². The third-order valence-corrected chi connectivity index (χ3v) is 5.68. The van der Waals surface area contributed by atoms with Gasteiger partial charge in [-0.2, -0.15) is 18.4 Å². The number of tetrazole rings is 1. The van der Waals surface area contributed by atoms with Crippen LogP contribution < -0.4 is 9.64 Å². The largest absolute Gasteiger partial charge is 0.420 e. The Bertz CT molecular complexity index is 1230. The van der Waals surface area contributed by atoms with E-state index in [9.17, 15) is 18.0 Å². The summed E-state index contributed by atoms with van der Waals surface area (Å²) in [5.74, 6) is 0.872. The zero-order chi connectivity index (χ0) is 23.4. The number of thiazole rings is 1. The molecule has 0 atom stereocenters. The van der Waals surface area contributed by atoms with E-state index in [1.165, 1.54) is 16.2 Å². The van der Waals surface area contributed by atoms with Crippen LogP contribution in [0.3, 0.4) is 0 Å². The van der Waals surface area contributed by atoms with E-state index in [2.05, 4.69) is 43.2 Å². The molecule has 0 aliphatic rings. The number of nitrogens with zero attached hydrogens (tertiary/aromatic N) is 6. The van der Waals surface area contributed by atoms with E-state index in [0.717, 1.165) is 24.3 Å². The monoisotopic (exact) mass is 495 g/mol. The minimum absolute atomic E-state index is 0.0127. The van der Waals surface area contributed by atoms with E-state index in [-0.39, 0.29) is 12.3 Å². The molecule has 0 spiro atoms. The number of halogens is 3. The van der Waals surface area contributed by atoms with Crippen LogP contribution in [-0.4, -0.2) is 43.2 Å². The van der Waals surface area contributed by atoms with Crippen LogP contribution in [0.2, 0.25) is 0 Å². The second-order valence-electron chi connectivity index (χ2n) is 6.82. The number of benzene rings is 1. The van der Waals surface area contributed by atoms with Gasteiger partial charge >= 0.3 is 12.3 Å². The first-order valence-electron chi connectivity index (χ1n) is 9.65. The molecule has 172 valence electrons. The predicted octanol–water partition coefficient (Wildman–Crippen LogP) is 4.54. The molecule has 4 rings (SSSR count). The number of anilines is 1. The number of thiol groups is 1. The number of H-pyrrole nitrogens is 1. The smallest absolute Gasteiger partial charge is 0.410 e. The highest BCUT2D eigenvalue weighted by Crippen LogP contribution is 2.31. The maximum absolute atomic E-state index is 12.9. The van der Waals surface area contributed by atoms with Crippen molar-refractivity contribution in [1.82, 2.24) is 30.6 Å².